The van der Waals surface area contributed by atoms with Crippen LogP contribution in [0.25, 0.3) is 0 Å². The number of methoxy groups -OCH3 is 3. The maximum absolute atomic E-state index is 15.1. The molecular formula is C42H52N2O14. The van der Waals surface area contributed by atoms with Crippen molar-refractivity contribution in [2.24, 2.45) is 5.92 Å². The largest absolute Gasteiger partial charge is 0.497 e. The maximum Gasteiger partial charge on any atom is 0.246 e. The SMILES string of the molecule is COc1ccc(C23Oc4cc(OC)cc(OC)c4C(O)(C(c4ccccc4)C2C(=O)NCCCCNC(=O)C(C)=CCO)C3OC2OC(CO)C(O)C(O)C2O)cc1. The highest BCUT2D eigenvalue weighted by Crippen LogP contribution is 2.69. The number of nitrogens with one attached hydrogen (secondary N) is 2. The minimum absolute atomic E-state index is 0.111. The van der Waals surface area contributed by atoms with Crippen LogP contribution < -0.4 is 29.6 Å². The van der Waals surface area contributed by atoms with Gasteiger partial charge in [0.15, 0.2) is 11.9 Å². The Morgan fingerprint density at radius 2 is 1.52 bits per heavy atom. The Hall–Kier alpha value is -4.78. The number of hydrogen-bond acceptors (Lipinski definition) is 14. The second-order valence-electron chi connectivity index (χ2n) is 14.6. The summed E-state index contributed by atoms with van der Waals surface area (Å²) in [5, 5.41) is 71.6. The van der Waals surface area contributed by atoms with Crippen molar-refractivity contribution in [3.63, 3.8) is 0 Å². The van der Waals surface area contributed by atoms with Crippen molar-refractivity contribution in [3.05, 3.63) is 95.1 Å². The van der Waals surface area contributed by atoms with Gasteiger partial charge in [0, 0.05) is 36.7 Å². The minimum atomic E-state index is -2.24. The van der Waals surface area contributed by atoms with Crippen molar-refractivity contribution < 1.29 is 68.6 Å². The molecule has 10 unspecified atom stereocenters. The summed E-state index contributed by atoms with van der Waals surface area (Å²) in [5.74, 6) is -2.26. The molecule has 3 aromatic rings. The van der Waals surface area contributed by atoms with E-state index in [0.717, 1.165) is 0 Å². The van der Waals surface area contributed by atoms with Crippen molar-refractivity contribution >= 4 is 11.8 Å². The maximum atomic E-state index is 15.1. The number of carbonyl (C=O) groups excluding carboxylic acids is 2. The van der Waals surface area contributed by atoms with E-state index in [2.05, 4.69) is 10.6 Å². The van der Waals surface area contributed by atoms with Gasteiger partial charge in [-0.05, 0) is 43.0 Å². The van der Waals surface area contributed by atoms with Crippen LogP contribution in [-0.2, 0) is 30.3 Å². The van der Waals surface area contributed by atoms with Gasteiger partial charge in [0.1, 0.15) is 59.1 Å². The quantitative estimate of drug-likeness (QED) is 0.0737. The molecule has 8 N–H and O–H groups in total. The van der Waals surface area contributed by atoms with E-state index < -0.39 is 72.4 Å². The van der Waals surface area contributed by atoms with E-state index in [1.807, 2.05) is 0 Å². The topological polar surface area (TPSA) is 235 Å². The number of amides is 2. The first-order valence-corrected chi connectivity index (χ1v) is 19.1. The van der Waals surface area contributed by atoms with Crippen LogP contribution in [0.4, 0.5) is 0 Å². The first-order chi connectivity index (χ1) is 27.9. The van der Waals surface area contributed by atoms with Crippen LogP contribution in [0, 0.1) is 5.92 Å². The van der Waals surface area contributed by atoms with E-state index in [1.54, 1.807) is 73.7 Å². The highest BCUT2D eigenvalue weighted by Gasteiger charge is 2.77. The zero-order chi connectivity index (χ0) is 41.8. The van der Waals surface area contributed by atoms with Crippen LogP contribution in [0.3, 0.4) is 0 Å². The number of aliphatic hydroxyl groups is 6. The first kappa shape index (κ1) is 42.8. The van der Waals surface area contributed by atoms with Crippen molar-refractivity contribution in [3.8, 4) is 23.0 Å². The number of aliphatic hydroxyl groups excluding tert-OH is 5. The van der Waals surface area contributed by atoms with E-state index in [4.69, 9.17) is 33.5 Å². The fraction of sp³-hybridized carbons (Fsp3) is 0.476. The molecule has 2 amide bonds. The van der Waals surface area contributed by atoms with Gasteiger partial charge in [-0.1, -0.05) is 48.5 Å². The van der Waals surface area contributed by atoms with Crippen LogP contribution in [0.1, 0.15) is 42.4 Å². The van der Waals surface area contributed by atoms with Crippen LogP contribution >= 0.6 is 0 Å². The molecule has 16 heteroatoms. The molecule has 0 radical (unpaired) electrons. The predicted molar refractivity (Wildman–Crippen MR) is 206 cm³/mol. The minimum Gasteiger partial charge on any atom is -0.497 e. The fourth-order valence-electron chi connectivity index (χ4n) is 8.42. The monoisotopic (exact) mass is 808 g/mol. The number of fused-ring (bicyclic) bond motifs is 4. The zero-order valence-electron chi connectivity index (χ0n) is 32.7. The van der Waals surface area contributed by atoms with Gasteiger partial charge in [0.2, 0.25) is 11.8 Å². The van der Waals surface area contributed by atoms with Crippen LogP contribution in [-0.4, -0.2) is 127 Å². The molecule has 2 bridgehead atoms. The van der Waals surface area contributed by atoms with Crippen molar-refractivity contribution in [2.75, 3.05) is 47.6 Å². The smallest absolute Gasteiger partial charge is 0.246 e. The molecule has 0 spiro atoms. The lowest BCUT2D eigenvalue weighted by Gasteiger charge is -2.49. The molecule has 0 aromatic heterocycles. The molecule has 1 saturated heterocycles. The Labute approximate surface area is 335 Å². The third-order valence-electron chi connectivity index (χ3n) is 11.3. The molecule has 3 aliphatic rings. The summed E-state index contributed by atoms with van der Waals surface area (Å²) in [6.45, 7) is 1.08. The van der Waals surface area contributed by atoms with Crippen molar-refractivity contribution in [2.45, 2.75) is 73.7 Å². The first-order valence-electron chi connectivity index (χ1n) is 19.1. The summed E-state index contributed by atoms with van der Waals surface area (Å²) < 4.78 is 36.6. The second kappa shape index (κ2) is 18.0. The number of carbonyl (C=O) groups is 2. The van der Waals surface area contributed by atoms with Gasteiger partial charge in [-0.15, -0.1) is 0 Å². The summed E-state index contributed by atoms with van der Waals surface area (Å²) >= 11 is 0. The lowest BCUT2D eigenvalue weighted by atomic mass is 9.74. The number of rotatable bonds is 16. The molecular weight excluding hydrogens is 756 g/mol. The molecule has 2 heterocycles. The molecule has 314 valence electrons. The average molecular weight is 809 g/mol. The second-order valence-corrected chi connectivity index (χ2v) is 14.6. The number of benzene rings is 3. The average Bonchev–Trinajstić information content (AvgIpc) is 3.39. The third-order valence-corrected chi connectivity index (χ3v) is 11.3. The molecule has 6 rings (SSSR count). The molecule has 1 saturated carbocycles. The van der Waals surface area contributed by atoms with Gasteiger partial charge in [0.05, 0.1) is 46.0 Å². The number of unbranched alkanes of at least 4 members (excludes halogenated alkanes) is 1. The molecule has 2 fully saturated rings. The predicted octanol–water partition coefficient (Wildman–Crippen LogP) is 0.738. The van der Waals surface area contributed by atoms with Crippen LogP contribution in [0.5, 0.6) is 23.0 Å². The Morgan fingerprint density at radius 3 is 2.14 bits per heavy atom. The van der Waals surface area contributed by atoms with Crippen molar-refractivity contribution in [1.82, 2.24) is 10.6 Å². The van der Waals surface area contributed by atoms with Gasteiger partial charge in [-0.25, -0.2) is 0 Å². The van der Waals surface area contributed by atoms with Crippen LogP contribution in [0.15, 0.2) is 78.4 Å². The number of ether oxygens (including phenoxy) is 6. The Morgan fingerprint density at radius 1 is 0.845 bits per heavy atom. The van der Waals surface area contributed by atoms with Gasteiger partial charge in [-0.2, -0.15) is 0 Å². The molecule has 2 aliphatic heterocycles. The lowest BCUT2D eigenvalue weighted by Crippen LogP contribution is -2.64. The Bertz CT molecular complexity index is 1930. The van der Waals surface area contributed by atoms with Gasteiger partial charge < -0.3 is 69.7 Å². The van der Waals surface area contributed by atoms with E-state index in [9.17, 15) is 30.3 Å². The van der Waals surface area contributed by atoms with Crippen molar-refractivity contribution in [1.29, 1.82) is 0 Å². The standard InChI is InChI=1S/C42H52N2O14/c1-23(16-19-45)37(50)43-17-8-9-18-44-38(51)33-31(24-10-6-5-7-11-24)41(52)32-28(55-4)20-27(54-3)21-29(32)58-42(33,25-12-14-26(53-2)15-13-25)40(41)57-39-36(49)35(48)34(47)30(22-46)56-39/h5-7,10-16,20-21,30-31,33-36,39-40,45-49,52H,8-9,17-19,22H2,1-4H3,(H,43,50)(H,44,51). The van der Waals surface area contributed by atoms with E-state index in [0.29, 0.717) is 47.6 Å². The van der Waals surface area contributed by atoms with E-state index in [1.165, 1.54) is 27.4 Å². The van der Waals surface area contributed by atoms with E-state index >= 15 is 4.79 Å². The third kappa shape index (κ3) is 7.62. The van der Waals surface area contributed by atoms with Crippen LogP contribution in [0.2, 0.25) is 0 Å². The Kier molecular flexibility index (Phi) is 13.3. The normalized spacial score (nSPS) is 30.1. The lowest BCUT2D eigenvalue weighted by molar-refractivity contribution is -0.337. The highest BCUT2D eigenvalue weighted by molar-refractivity contribution is 5.92. The molecule has 1 aliphatic carbocycles. The van der Waals surface area contributed by atoms with Gasteiger partial charge in [-0.3, -0.25) is 9.59 Å². The Balaban J connectivity index is 1.51. The van der Waals surface area contributed by atoms with E-state index in [-0.39, 0.29) is 36.1 Å². The summed E-state index contributed by atoms with van der Waals surface area (Å²) in [6, 6.07) is 18.7. The molecule has 58 heavy (non-hydrogen) atoms. The molecule has 10 atom stereocenters. The highest BCUT2D eigenvalue weighted by atomic mass is 16.7. The summed E-state index contributed by atoms with van der Waals surface area (Å²) in [7, 11) is 4.36. The molecule has 3 aromatic carbocycles. The zero-order valence-corrected chi connectivity index (χ0v) is 32.7. The summed E-state index contributed by atoms with van der Waals surface area (Å²) in [5.41, 5.74) is -2.81. The fourth-order valence-corrected chi connectivity index (χ4v) is 8.42. The summed E-state index contributed by atoms with van der Waals surface area (Å²) in [6.07, 6.45) is -7.78. The van der Waals surface area contributed by atoms with Gasteiger partial charge >= 0.3 is 0 Å². The molecule has 16 nitrogen and oxygen atoms in total. The van der Waals surface area contributed by atoms with Gasteiger partial charge in [0.25, 0.3) is 0 Å². The summed E-state index contributed by atoms with van der Waals surface area (Å²) in [4.78, 5) is 27.4. The number of hydrogen-bond donors (Lipinski definition) is 8.